The van der Waals surface area contributed by atoms with Crippen LogP contribution in [0.15, 0.2) is 43.2 Å². The van der Waals surface area contributed by atoms with Gasteiger partial charge in [0.1, 0.15) is 12.0 Å². The van der Waals surface area contributed by atoms with E-state index >= 15 is 0 Å². The van der Waals surface area contributed by atoms with Gasteiger partial charge in [0.25, 0.3) is 0 Å². The summed E-state index contributed by atoms with van der Waals surface area (Å²) < 4.78 is 14.3. The van der Waals surface area contributed by atoms with E-state index in [0.717, 1.165) is 45.5 Å². The minimum absolute atomic E-state index is 0.401. The number of aromatic amines is 1. The minimum atomic E-state index is -1.18. The molecule has 0 amide bonds. The molecule has 4 rings (SSSR count). The largest absolute Gasteiger partial charge is 0.361 e. The van der Waals surface area contributed by atoms with Gasteiger partial charge >= 0.3 is 0 Å². The number of H-pyrrole nitrogens is 1. The molecule has 3 aromatic rings. The maximum Gasteiger partial charge on any atom is 0.129 e. The van der Waals surface area contributed by atoms with Gasteiger partial charge in [-0.15, -0.1) is 6.42 Å². The maximum absolute atomic E-state index is 14.3. The first kappa shape index (κ1) is 22.0. The Hall–Kier alpha value is -3.19. The van der Waals surface area contributed by atoms with E-state index in [4.69, 9.17) is 11.4 Å². The Morgan fingerprint density at radius 2 is 2.09 bits per heavy atom. The summed E-state index contributed by atoms with van der Waals surface area (Å²) in [5.74, 6) is 4.12. The summed E-state index contributed by atoms with van der Waals surface area (Å²) in [4.78, 5) is 12.9. The fraction of sp³-hybridized carbons (Fsp3) is 0.357. The molecular weight excluding hydrogens is 397 g/mol. The van der Waals surface area contributed by atoms with Crippen molar-refractivity contribution in [3.05, 3.63) is 71.5 Å². The predicted molar refractivity (Wildman–Crippen MR) is 131 cm³/mol. The van der Waals surface area contributed by atoms with Gasteiger partial charge in [0, 0.05) is 52.0 Å². The number of terminal acetylenes is 1. The summed E-state index contributed by atoms with van der Waals surface area (Å²) in [5, 5.41) is 1.05. The summed E-state index contributed by atoms with van der Waals surface area (Å²) in [7, 11) is 0. The lowest BCUT2D eigenvalue weighted by atomic mass is 9.86. The van der Waals surface area contributed by atoms with Gasteiger partial charge in [-0.05, 0) is 37.5 Å². The number of nitrogens with one attached hydrogen (secondary N) is 1. The number of aromatic nitrogens is 3. The monoisotopic (exact) mass is 427 g/mol. The third kappa shape index (κ3) is 4.39. The van der Waals surface area contributed by atoms with E-state index in [1.807, 2.05) is 37.4 Å². The Balaban J connectivity index is 1.80. The number of hydrogen-bond acceptors (Lipinski definition) is 2. The molecule has 1 aliphatic carbocycles. The average molecular weight is 428 g/mol. The van der Waals surface area contributed by atoms with E-state index in [2.05, 4.69) is 22.5 Å². The molecule has 0 radical (unpaired) electrons. The predicted octanol–water partition coefficient (Wildman–Crippen LogP) is 6.88. The van der Waals surface area contributed by atoms with Crippen molar-refractivity contribution in [1.82, 2.24) is 15.0 Å². The van der Waals surface area contributed by atoms with Gasteiger partial charge in [0.2, 0.25) is 0 Å². The Kier molecular flexibility index (Phi) is 6.55. The second-order valence-corrected chi connectivity index (χ2v) is 8.71. The molecule has 2 heterocycles. The van der Waals surface area contributed by atoms with Crippen LogP contribution in [0.5, 0.6) is 0 Å². The van der Waals surface area contributed by atoms with Crippen LogP contribution in [0.4, 0.5) is 4.39 Å². The molecule has 1 saturated carbocycles. The number of alkyl halides is 1. The average Bonchev–Trinajstić information content (AvgIpc) is 3.23. The Morgan fingerprint density at radius 1 is 1.31 bits per heavy atom. The second kappa shape index (κ2) is 9.53. The van der Waals surface area contributed by atoms with Gasteiger partial charge in [-0.1, -0.05) is 56.7 Å². The van der Waals surface area contributed by atoms with Crippen LogP contribution >= 0.6 is 0 Å². The maximum atomic E-state index is 14.3. The zero-order chi connectivity index (χ0) is 22.7. The summed E-state index contributed by atoms with van der Waals surface area (Å²) in [6.45, 7) is 7.49. The zero-order valence-corrected chi connectivity index (χ0v) is 18.9. The molecule has 0 saturated heterocycles. The van der Waals surface area contributed by atoms with Crippen LogP contribution in [-0.4, -0.2) is 21.1 Å². The number of rotatable bonds is 6. The molecule has 0 spiro atoms. The van der Waals surface area contributed by atoms with Gasteiger partial charge in [0.05, 0.1) is 5.69 Å². The van der Waals surface area contributed by atoms with Crippen LogP contribution in [0.3, 0.4) is 0 Å². The van der Waals surface area contributed by atoms with Gasteiger partial charge < -0.3 is 4.98 Å². The Morgan fingerprint density at radius 3 is 2.78 bits per heavy atom. The molecule has 1 aliphatic rings. The lowest BCUT2D eigenvalue weighted by Gasteiger charge is -2.21. The van der Waals surface area contributed by atoms with Crippen molar-refractivity contribution < 1.29 is 4.39 Å². The topological polar surface area (TPSA) is 41.6 Å². The van der Waals surface area contributed by atoms with Crippen LogP contribution < -0.4 is 0 Å². The molecule has 0 bridgehead atoms. The van der Waals surface area contributed by atoms with Crippen molar-refractivity contribution in [3.8, 4) is 12.3 Å². The number of allylic oxidation sites excluding steroid dienone is 2. The molecule has 1 N–H and O–H groups in total. The summed E-state index contributed by atoms with van der Waals surface area (Å²) in [6, 6.07) is 5.92. The number of halogens is 1. The molecule has 32 heavy (non-hydrogen) atoms. The molecule has 1 unspecified atom stereocenters. The first-order chi connectivity index (χ1) is 15.5. The van der Waals surface area contributed by atoms with Gasteiger partial charge in [-0.3, -0.25) is 0 Å². The molecule has 4 heteroatoms. The van der Waals surface area contributed by atoms with Gasteiger partial charge in [0.15, 0.2) is 0 Å². The second-order valence-electron chi connectivity index (χ2n) is 8.71. The fourth-order valence-electron chi connectivity index (χ4n) is 4.68. The quantitative estimate of drug-likeness (QED) is 0.435. The molecule has 1 aromatic carbocycles. The van der Waals surface area contributed by atoms with Gasteiger partial charge in [-0.25, -0.2) is 14.4 Å². The molecule has 2 aromatic heterocycles. The van der Waals surface area contributed by atoms with Crippen LogP contribution in [0.25, 0.3) is 22.0 Å². The lowest BCUT2D eigenvalue weighted by molar-refractivity contribution is 0.351. The Labute approximate surface area is 189 Å². The van der Waals surface area contributed by atoms with Crippen molar-refractivity contribution >= 4 is 22.0 Å². The van der Waals surface area contributed by atoms with Crippen molar-refractivity contribution in [2.75, 3.05) is 0 Å². The fourth-order valence-corrected chi connectivity index (χ4v) is 4.68. The highest BCUT2D eigenvalue weighted by atomic mass is 19.1. The minimum Gasteiger partial charge on any atom is -0.361 e. The van der Waals surface area contributed by atoms with E-state index < -0.39 is 6.17 Å². The molecule has 3 nitrogen and oxygen atoms in total. The van der Waals surface area contributed by atoms with Crippen molar-refractivity contribution in [1.29, 1.82) is 0 Å². The number of hydrogen-bond donors (Lipinski definition) is 1. The van der Waals surface area contributed by atoms with E-state index in [1.165, 1.54) is 39.0 Å². The number of fused-ring (bicyclic) bond motifs is 1. The standard InChI is InChI=1S/C28H30FN3/c1-5-20-12-13-23-25(17-30-26(23)14-20)22(6-2)28-24(18(3)19(4)29)16-31-27(32-28)15-21-10-8-7-9-11-21/h1,6,12-14,16-17,19,21,30H,3,7-11,15H2,2,4H3/b22-6-. The normalized spacial score (nSPS) is 16.1. The third-order valence-corrected chi connectivity index (χ3v) is 6.54. The first-order valence-electron chi connectivity index (χ1n) is 11.5. The van der Waals surface area contributed by atoms with Crippen LogP contribution in [-0.2, 0) is 6.42 Å². The molecule has 1 fully saturated rings. The van der Waals surface area contributed by atoms with E-state index in [1.54, 1.807) is 6.20 Å². The highest BCUT2D eigenvalue weighted by molar-refractivity contribution is 5.98. The third-order valence-electron chi connectivity index (χ3n) is 6.54. The number of nitrogens with zero attached hydrogens (tertiary/aromatic N) is 2. The number of benzene rings is 1. The van der Waals surface area contributed by atoms with E-state index in [0.29, 0.717) is 17.1 Å². The molecule has 164 valence electrons. The highest BCUT2D eigenvalue weighted by Gasteiger charge is 2.22. The summed E-state index contributed by atoms with van der Waals surface area (Å²) in [6.07, 6.45) is 17.3. The molecule has 1 atom stereocenters. The van der Waals surface area contributed by atoms with E-state index in [9.17, 15) is 4.39 Å². The van der Waals surface area contributed by atoms with Crippen LogP contribution in [0.1, 0.15) is 74.2 Å². The van der Waals surface area contributed by atoms with Crippen molar-refractivity contribution in [3.63, 3.8) is 0 Å². The van der Waals surface area contributed by atoms with Crippen LogP contribution in [0.2, 0.25) is 0 Å². The highest BCUT2D eigenvalue weighted by Crippen LogP contribution is 2.35. The molecular formula is C28H30FN3. The lowest BCUT2D eigenvalue weighted by Crippen LogP contribution is -2.13. The summed E-state index contributed by atoms with van der Waals surface area (Å²) >= 11 is 0. The van der Waals surface area contributed by atoms with Gasteiger partial charge in [-0.2, -0.15) is 0 Å². The Bertz CT molecular complexity index is 1200. The van der Waals surface area contributed by atoms with Crippen LogP contribution in [0, 0.1) is 18.3 Å². The molecule has 0 aliphatic heterocycles. The SMILES string of the molecule is C#Cc1ccc2c(/C(=C/C)c3nc(CC4CCCCC4)ncc3C(=C)C(C)F)c[nH]c2c1. The van der Waals surface area contributed by atoms with E-state index in [-0.39, 0.29) is 0 Å². The van der Waals surface area contributed by atoms with Crippen molar-refractivity contribution in [2.45, 2.75) is 58.5 Å². The summed E-state index contributed by atoms with van der Waals surface area (Å²) in [5.41, 5.74) is 5.54. The van der Waals surface area contributed by atoms with Crippen molar-refractivity contribution in [2.24, 2.45) is 5.92 Å². The smallest absolute Gasteiger partial charge is 0.129 e. The first-order valence-corrected chi connectivity index (χ1v) is 11.5. The zero-order valence-electron chi connectivity index (χ0n) is 18.9.